The lowest BCUT2D eigenvalue weighted by Crippen LogP contribution is -2.47. The summed E-state index contributed by atoms with van der Waals surface area (Å²) in [6.07, 6.45) is -0.456. The molecule has 0 bridgehead atoms. The van der Waals surface area contributed by atoms with Crippen LogP contribution >= 0.6 is 11.6 Å². The number of benzene rings is 2. The number of nitrogens with two attached hydrogens (primary N) is 1. The third kappa shape index (κ3) is 5.30. The Morgan fingerprint density at radius 3 is 2.43 bits per heavy atom. The Morgan fingerprint density at radius 1 is 1.11 bits per heavy atom. The predicted molar refractivity (Wildman–Crippen MR) is 111 cm³/mol. The number of primary amides is 1. The lowest BCUT2D eigenvalue weighted by Gasteiger charge is -2.37. The van der Waals surface area contributed by atoms with Gasteiger partial charge in [0.25, 0.3) is 0 Å². The molecule has 1 heterocycles. The van der Waals surface area contributed by atoms with E-state index < -0.39 is 6.09 Å². The van der Waals surface area contributed by atoms with Crippen LogP contribution < -0.4 is 15.4 Å². The zero-order valence-corrected chi connectivity index (χ0v) is 16.8. The minimum atomic E-state index is -0.763. The number of ether oxygens (including phenoxy) is 2. The van der Waals surface area contributed by atoms with Gasteiger partial charge in [-0.2, -0.15) is 0 Å². The highest BCUT2D eigenvalue weighted by atomic mass is 35.5. The molecular weight excluding hydrogens is 378 g/mol. The Morgan fingerprint density at radius 2 is 1.79 bits per heavy atom. The van der Waals surface area contributed by atoms with E-state index in [1.54, 1.807) is 19.2 Å². The summed E-state index contributed by atoms with van der Waals surface area (Å²) in [4.78, 5) is 16.0. The van der Waals surface area contributed by atoms with E-state index in [2.05, 4.69) is 15.9 Å². The Labute approximate surface area is 170 Å². The number of nitrogens with zero attached hydrogens (tertiary/aromatic N) is 2. The van der Waals surface area contributed by atoms with Crippen LogP contribution in [0.1, 0.15) is 18.1 Å². The van der Waals surface area contributed by atoms with E-state index in [9.17, 15) is 4.79 Å². The van der Waals surface area contributed by atoms with Crippen molar-refractivity contribution < 1.29 is 14.3 Å². The highest BCUT2D eigenvalue weighted by molar-refractivity contribution is 6.30. The van der Waals surface area contributed by atoms with Gasteiger partial charge >= 0.3 is 6.09 Å². The van der Waals surface area contributed by atoms with Gasteiger partial charge in [0.05, 0.1) is 12.8 Å². The summed E-state index contributed by atoms with van der Waals surface area (Å²) in [6.45, 7) is 4.52. The van der Waals surface area contributed by atoms with E-state index in [1.165, 1.54) is 0 Å². The van der Waals surface area contributed by atoms with Crippen molar-refractivity contribution in [1.29, 1.82) is 0 Å². The average molecular weight is 404 g/mol. The maximum Gasteiger partial charge on any atom is 0.405 e. The molecule has 1 atom stereocenters. The SMILES string of the molecule is COc1ccccc1N1CCN(CCC(OC(N)=O)c2ccc(Cl)cc2)CC1. The summed E-state index contributed by atoms with van der Waals surface area (Å²) in [7, 11) is 1.70. The van der Waals surface area contributed by atoms with E-state index in [-0.39, 0.29) is 6.10 Å². The molecule has 1 amide bonds. The van der Waals surface area contributed by atoms with Gasteiger partial charge in [0, 0.05) is 44.2 Å². The molecule has 0 aliphatic carbocycles. The van der Waals surface area contributed by atoms with Gasteiger partial charge in [0.1, 0.15) is 11.9 Å². The van der Waals surface area contributed by atoms with Crippen LogP contribution in [0.5, 0.6) is 5.75 Å². The van der Waals surface area contributed by atoms with Crippen LogP contribution in [0.15, 0.2) is 48.5 Å². The quantitative estimate of drug-likeness (QED) is 0.763. The average Bonchev–Trinajstić information content (AvgIpc) is 2.72. The largest absolute Gasteiger partial charge is 0.495 e. The molecule has 28 heavy (non-hydrogen) atoms. The summed E-state index contributed by atoms with van der Waals surface area (Å²) in [5.74, 6) is 0.897. The molecule has 2 N–H and O–H groups in total. The van der Waals surface area contributed by atoms with Gasteiger partial charge in [-0.3, -0.25) is 4.90 Å². The fourth-order valence-corrected chi connectivity index (χ4v) is 3.64. The van der Waals surface area contributed by atoms with Crippen LogP contribution in [0.4, 0.5) is 10.5 Å². The highest BCUT2D eigenvalue weighted by Gasteiger charge is 2.22. The molecule has 0 aromatic heterocycles. The van der Waals surface area contributed by atoms with Crippen LogP contribution in [0.25, 0.3) is 0 Å². The van der Waals surface area contributed by atoms with Crippen LogP contribution in [0.3, 0.4) is 0 Å². The molecule has 1 saturated heterocycles. The zero-order chi connectivity index (χ0) is 19.9. The van der Waals surface area contributed by atoms with Crippen molar-refractivity contribution >= 4 is 23.4 Å². The fourth-order valence-electron chi connectivity index (χ4n) is 3.51. The molecule has 1 fully saturated rings. The topological polar surface area (TPSA) is 68.0 Å². The third-order valence-electron chi connectivity index (χ3n) is 5.01. The van der Waals surface area contributed by atoms with Gasteiger partial charge in [-0.15, -0.1) is 0 Å². The Balaban J connectivity index is 1.55. The monoisotopic (exact) mass is 403 g/mol. The molecule has 1 aliphatic rings. The molecule has 7 heteroatoms. The van der Waals surface area contributed by atoms with E-state index in [0.29, 0.717) is 11.4 Å². The van der Waals surface area contributed by atoms with Crippen molar-refractivity contribution in [3.05, 3.63) is 59.1 Å². The normalized spacial score (nSPS) is 15.9. The number of carbonyl (C=O) groups is 1. The summed E-state index contributed by atoms with van der Waals surface area (Å²) in [5, 5.41) is 0.647. The third-order valence-corrected chi connectivity index (χ3v) is 5.26. The highest BCUT2D eigenvalue weighted by Crippen LogP contribution is 2.29. The van der Waals surface area contributed by atoms with E-state index in [4.69, 9.17) is 26.8 Å². The lowest BCUT2D eigenvalue weighted by atomic mass is 10.1. The van der Waals surface area contributed by atoms with Crippen molar-refractivity contribution in [1.82, 2.24) is 4.90 Å². The van der Waals surface area contributed by atoms with Crippen LogP contribution in [-0.4, -0.2) is 50.8 Å². The zero-order valence-electron chi connectivity index (χ0n) is 16.0. The number of carbonyl (C=O) groups excluding carboxylic acids is 1. The first kappa shape index (κ1) is 20.3. The van der Waals surface area contributed by atoms with E-state index >= 15 is 0 Å². The molecule has 2 aromatic carbocycles. The van der Waals surface area contributed by atoms with Crippen molar-refractivity contribution in [3.8, 4) is 5.75 Å². The molecule has 1 unspecified atom stereocenters. The number of hydrogen-bond donors (Lipinski definition) is 1. The number of para-hydroxylation sites is 2. The maximum absolute atomic E-state index is 11.3. The number of piperazine rings is 1. The summed E-state index contributed by atoms with van der Waals surface area (Å²) in [6, 6.07) is 15.4. The van der Waals surface area contributed by atoms with Gasteiger partial charge in [-0.1, -0.05) is 35.9 Å². The predicted octanol–water partition coefficient (Wildman–Crippen LogP) is 3.70. The van der Waals surface area contributed by atoms with Gasteiger partial charge in [-0.05, 0) is 29.8 Å². The second-order valence-corrected chi connectivity index (χ2v) is 7.20. The number of halogens is 1. The molecule has 150 valence electrons. The lowest BCUT2D eigenvalue weighted by molar-refractivity contribution is 0.0910. The smallest absolute Gasteiger partial charge is 0.405 e. The Bertz CT molecular complexity index is 777. The van der Waals surface area contributed by atoms with Gasteiger partial charge in [0.2, 0.25) is 0 Å². The molecule has 2 aromatic rings. The van der Waals surface area contributed by atoms with Gasteiger partial charge in [-0.25, -0.2) is 4.79 Å². The Kier molecular flexibility index (Phi) is 7.01. The first-order valence-electron chi connectivity index (χ1n) is 9.38. The van der Waals surface area contributed by atoms with Crippen LogP contribution in [0, 0.1) is 0 Å². The first-order chi connectivity index (χ1) is 13.6. The number of rotatable bonds is 7. The van der Waals surface area contributed by atoms with Crippen LogP contribution in [0.2, 0.25) is 5.02 Å². The number of methoxy groups -OCH3 is 1. The standard InChI is InChI=1S/C21H26ClN3O3/c1-27-20-5-3-2-4-18(20)25-14-12-24(13-15-25)11-10-19(28-21(23)26)16-6-8-17(22)9-7-16/h2-9,19H,10-15H2,1H3,(H2,23,26). The fraction of sp³-hybridized carbons (Fsp3) is 0.381. The summed E-state index contributed by atoms with van der Waals surface area (Å²) in [5.41, 5.74) is 7.28. The summed E-state index contributed by atoms with van der Waals surface area (Å²) >= 11 is 5.95. The van der Waals surface area contributed by atoms with Gasteiger partial charge < -0.3 is 20.1 Å². The Hall–Kier alpha value is -2.44. The van der Waals surface area contributed by atoms with Crippen molar-refractivity contribution in [2.75, 3.05) is 44.7 Å². The van der Waals surface area contributed by atoms with Crippen molar-refractivity contribution in [2.24, 2.45) is 5.73 Å². The van der Waals surface area contributed by atoms with Gasteiger partial charge in [0.15, 0.2) is 0 Å². The molecular formula is C21H26ClN3O3. The molecule has 0 radical (unpaired) electrons. The number of hydrogen-bond acceptors (Lipinski definition) is 5. The minimum Gasteiger partial charge on any atom is -0.495 e. The molecule has 0 spiro atoms. The molecule has 1 aliphatic heterocycles. The van der Waals surface area contributed by atoms with Crippen LogP contribution in [-0.2, 0) is 4.74 Å². The second-order valence-electron chi connectivity index (χ2n) is 6.77. The van der Waals surface area contributed by atoms with E-state index in [0.717, 1.165) is 49.7 Å². The number of amides is 1. The number of anilines is 1. The molecule has 3 rings (SSSR count). The first-order valence-corrected chi connectivity index (χ1v) is 9.76. The maximum atomic E-state index is 11.3. The molecule has 0 saturated carbocycles. The van der Waals surface area contributed by atoms with Crippen molar-refractivity contribution in [2.45, 2.75) is 12.5 Å². The minimum absolute atomic E-state index is 0.373. The summed E-state index contributed by atoms with van der Waals surface area (Å²) < 4.78 is 10.8. The molecule has 6 nitrogen and oxygen atoms in total. The second kappa shape index (κ2) is 9.66. The van der Waals surface area contributed by atoms with Crippen molar-refractivity contribution in [3.63, 3.8) is 0 Å². The van der Waals surface area contributed by atoms with E-state index in [1.807, 2.05) is 30.3 Å².